The number of carbonyl (C=O) groups is 2. The molecule has 0 bridgehead atoms. The van der Waals surface area contributed by atoms with Crippen molar-refractivity contribution in [3.05, 3.63) is 42.2 Å². The zero-order chi connectivity index (χ0) is 15.8. The first-order valence-corrected chi connectivity index (χ1v) is 6.32. The van der Waals surface area contributed by atoms with Crippen LogP contribution in [0.25, 0.3) is 0 Å². The highest BCUT2D eigenvalue weighted by atomic mass is 19.1. The Morgan fingerprint density at radius 1 is 1.33 bits per heavy atom. The third-order valence-corrected chi connectivity index (χ3v) is 2.95. The fraction of sp³-hybridized carbons (Fsp3) is 0.333. The third kappa shape index (κ3) is 4.91. The summed E-state index contributed by atoms with van der Waals surface area (Å²) in [6.45, 7) is 2.85. The van der Waals surface area contributed by atoms with Crippen molar-refractivity contribution in [1.29, 1.82) is 0 Å². The Bertz CT molecular complexity index is 530. The van der Waals surface area contributed by atoms with E-state index in [1.54, 1.807) is 6.07 Å². The Balaban J connectivity index is 2.81. The van der Waals surface area contributed by atoms with Crippen LogP contribution < -0.4 is 10.1 Å². The number of methoxy groups -OCH3 is 2. The average molecular weight is 295 g/mol. The Morgan fingerprint density at radius 2 is 2.00 bits per heavy atom. The van der Waals surface area contributed by atoms with Crippen LogP contribution in [-0.4, -0.2) is 32.6 Å². The zero-order valence-corrected chi connectivity index (χ0v) is 12.0. The second kappa shape index (κ2) is 8.04. The molecule has 0 saturated heterocycles. The SMILES string of the molecule is C=C(F)C(=O)NCC(Cc1ccccc1OC)C(=O)OC. The van der Waals surface area contributed by atoms with Gasteiger partial charge in [0.2, 0.25) is 0 Å². The summed E-state index contributed by atoms with van der Waals surface area (Å²) in [5.41, 5.74) is 0.795. The van der Waals surface area contributed by atoms with E-state index in [-0.39, 0.29) is 6.54 Å². The molecule has 1 N–H and O–H groups in total. The van der Waals surface area contributed by atoms with Gasteiger partial charge < -0.3 is 14.8 Å². The molecule has 0 aliphatic carbocycles. The molecule has 0 aromatic heterocycles. The van der Waals surface area contributed by atoms with Crippen LogP contribution in [0.3, 0.4) is 0 Å². The van der Waals surface area contributed by atoms with Crippen LogP contribution >= 0.6 is 0 Å². The van der Waals surface area contributed by atoms with Crippen molar-refractivity contribution in [2.45, 2.75) is 6.42 Å². The van der Waals surface area contributed by atoms with E-state index in [1.807, 2.05) is 18.2 Å². The fourth-order valence-electron chi connectivity index (χ4n) is 1.85. The molecule has 0 saturated carbocycles. The molecule has 1 rings (SSSR count). The van der Waals surface area contributed by atoms with Crippen LogP contribution in [0.1, 0.15) is 5.56 Å². The Labute approximate surface area is 122 Å². The molecule has 0 spiro atoms. The van der Waals surface area contributed by atoms with Crippen molar-refractivity contribution in [3.63, 3.8) is 0 Å². The summed E-state index contributed by atoms with van der Waals surface area (Å²) in [6, 6.07) is 7.20. The van der Waals surface area contributed by atoms with E-state index < -0.39 is 23.6 Å². The molecular formula is C15H18FNO4. The first kappa shape index (κ1) is 16.7. The van der Waals surface area contributed by atoms with Crippen molar-refractivity contribution >= 4 is 11.9 Å². The number of ether oxygens (including phenoxy) is 2. The first-order valence-electron chi connectivity index (χ1n) is 6.32. The van der Waals surface area contributed by atoms with E-state index in [4.69, 9.17) is 9.47 Å². The van der Waals surface area contributed by atoms with E-state index in [1.165, 1.54) is 14.2 Å². The molecule has 0 heterocycles. The molecule has 1 amide bonds. The molecule has 0 aliphatic heterocycles. The number of hydrogen-bond donors (Lipinski definition) is 1. The quantitative estimate of drug-likeness (QED) is 0.613. The number of benzene rings is 1. The van der Waals surface area contributed by atoms with E-state index in [9.17, 15) is 14.0 Å². The summed E-state index contributed by atoms with van der Waals surface area (Å²) in [5.74, 6) is -2.55. The van der Waals surface area contributed by atoms with Crippen LogP contribution in [-0.2, 0) is 20.7 Å². The topological polar surface area (TPSA) is 64.6 Å². The lowest BCUT2D eigenvalue weighted by molar-refractivity contribution is -0.145. The van der Waals surface area contributed by atoms with Gasteiger partial charge in [-0.3, -0.25) is 9.59 Å². The molecule has 1 aromatic rings. The highest BCUT2D eigenvalue weighted by Crippen LogP contribution is 2.21. The third-order valence-electron chi connectivity index (χ3n) is 2.95. The maximum Gasteiger partial charge on any atom is 0.310 e. The summed E-state index contributed by atoms with van der Waals surface area (Å²) >= 11 is 0. The van der Waals surface area contributed by atoms with Crippen molar-refractivity contribution in [3.8, 4) is 5.75 Å². The normalized spacial score (nSPS) is 11.4. The van der Waals surface area contributed by atoms with Gasteiger partial charge in [0.25, 0.3) is 5.91 Å². The molecule has 114 valence electrons. The number of nitrogens with one attached hydrogen (secondary N) is 1. The van der Waals surface area contributed by atoms with Crippen LogP contribution in [0.4, 0.5) is 4.39 Å². The maximum atomic E-state index is 12.6. The molecule has 0 radical (unpaired) electrons. The standard InChI is InChI=1S/C15H18FNO4/c1-10(16)14(18)17-9-12(15(19)21-3)8-11-6-4-5-7-13(11)20-2/h4-7,12H,1,8-9H2,2-3H3,(H,17,18). The molecule has 6 heteroatoms. The number of amides is 1. The minimum absolute atomic E-state index is 0.0491. The van der Waals surface area contributed by atoms with E-state index in [0.717, 1.165) is 5.56 Å². The number of carbonyl (C=O) groups excluding carboxylic acids is 2. The minimum atomic E-state index is -1.10. The maximum absolute atomic E-state index is 12.6. The number of para-hydroxylation sites is 1. The van der Waals surface area contributed by atoms with E-state index in [2.05, 4.69) is 11.9 Å². The minimum Gasteiger partial charge on any atom is -0.496 e. The first-order chi connectivity index (χ1) is 9.99. The van der Waals surface area contributed by atoms with Gasteiger partial charge in [-0.1, -0.05) is 24.8 Å². The molecule has 0 aliphatic rings. The van der Waals surface area contributed by atoms with Gasteiger partial charge in [0.05, 0.1) is 20.1 Å². The Morgan fingerprint density at radius 3 is 2.57 bits per heavy atom. The number of halogens is 1. The molecule has 1 atom stereocenters. The van der Waals surface area contributed by atoms with Gasteiger partial charge in [-0.25, -0.2) is 4.39 Å². The zero-order valence-electron chi connectivity index (χ0n) is 12.0. The van der Waals surface area contributed by atoms with Crippen molar-refractivity contribution in [2.75, 3.05) is 20.8 Å². The predicted octanol–water partition coefficient (Wildman–Crippen LogP) is 1.63. The number of rotatable bonds is 7. The van der Waals surface area contributed by atoms with Crippen LogP contribution in [0.5, 0.6) is 5.75 Å². The molecular weight excluding hydrogens is 277 g/mol. The van der Waals surface area contributed by atoms with Crippen LogP contribution in [0, 0.1) is 5.92 Å². The molecule has 1 unspecified atom stereocenters. The summed E-state index contributed by atoms with van der Waals surface area (Å²) in [6.07, 6.45) is 0.301. The average Bonchev–Trinajstić information content (AvgIpc) is 2.50. The number of hydrogen-bond acceptors (Lipinski definition) is 4. The second-order valence-corrected chi connectivity index (χ2v) is 4.35. The van der Waals surface area contributed by atoms with Gasteiger partial charge >= 0.3 is 5.97 Å². The van der Waals surface area contributed by atoms with Crippen LogP contribution in [0.15, 0.2) is 36.7 Å². The van der Waals surface area contributed by atoms with E-state index >= 15 is 0 Å². The largest absolute Gasteiger partial charge is 0.496 e. The summed E-state index contributed by atoms with van der Waals surface area (Å²) in [7, 11) is 2.79. The predicted molar refractivity (Wildman–Crippen MR) is 75.5 cm³/mol. The van der Waals surface area contributed by atoms with Gasteiger partial charge in [-0.15, -0.1) is 0 Å². The summed E-state index contributed by atoms with van der Waals surface area (Å²) in [4.78, 5) is 22.9. The smallest absolute Gasteiger partial charge is 0.310 e. The van der Waals surface area contributed by atoms with Crippen LogP contribution in [0.2, 0.25) is 0 Å². The molecule has 1 aromatic carbocycles. The highest BCUT2D eigenvalue weighted by molar-refractivity contribution is 5.90. The van der Waals surface area contributed by atoms with Crippen molar-refractivity contribution < 1.29 is 23.5 Å². The van der Waals surface area contributed by atoms with Gasteiger partial charge in [-0.2, -0.15) is 0 Å². The van der Waals surface area contributed by atoms with E-state index in [0.29, 0.717) is 12.2 Å². The lowest BCUT2D eigenvalue weighted by atomic mass is 9.98. The lowest BCUT2D eigenvalue weighted by Gasteiger charge is -2.16. The Kier molecular flexibility index (Phi) is 6.39. The molecule has 21 heavy (non-hydrogen) atoms. The van der Waals surface area contributed by atoms with Gasteiger partial charge in [0.15, 0.2) is 5.83 Å². The molecule has 0 fully saturated rings. The summed E-state index contributed by atoms with van der Waals surface area (Å²) in [5, 5.41) is 2.30. The highest BCUT2D eigenvalue weighted by Gasteiger charge is 2.22. The lowest BCUT2D eigenvalue weighted by Crippen LogP contribution is -2.34. The number of esters is 1. The van der Waals surface area contributed by atoms with Crippen molar-refractivity contribution in [2.24, 2.45) is 5.92 Å². The second-order valence-electron chi connectivity index (χ2n) is 4.35. The summed E-state index contributed by atoms with van der Waals surface area (Å²) < 4.78 is 22.5. The van der Waals surface area contributed by atoms with Crippen molar-refractivity contribution in [1.82, 2.24) is 5.32 Å². The molecule has 5 nitrogen and oxygen atoms in total. The van der Waals surface area contributed by atoms with Gasteiger partial charge in [-0.05, 0) is 18.1 Å². The van der Waals surface area contributed by atoms with Gasteiger partial charge in [0, 0.05) is 6.54 Å². The fourth-order valence-corrected chi connectivity index (χ4v) is 1.85. The Hall–Kier alpha value is -2.37. The monoisotopic (exact) mass is 295 g/mol. The van der Waals surface area contributed by atoms with Gasteiger partial charge in [0.1, 0.15) is 5.75 Å².